The number of aryl methyl sites for hydroxylation is 1. The van der Waals surface area contributed by atoms with Crippen LogP contribution in [0.4, 0.5) is 5.69 Å². The normalized spacial score (nSPS) is 11.3. The molecule has 0 aliphatic rings. The van der Waals surface area contributed by atoms with E-state index in [0.29, 0.717) is 11.4 Å². The zero-order valence-corrected chi connectivity index (χ0v) is 17.3. The molecule has 0 radical (unpaired) electrons. The molecule has 0 unspecified atom stereocenters. The molecule has 29 heavy (non-hydrogen) atoms. The van der Waals surface area contributed by atoms with Crippen molar-refractivity contribution in [2.75, 3.05) is 5.32 Å². The number of carbonyl (C=O) groups is 2. The molecular formula is C23H25N3O3. The predicted molar refractivity (Wildman–Crippen MR) is 113 cm³/mol. The van der Waals surface area contributed by atoms with Crippen LogP contribution >= 0.6 is 0 Å². The summed E-state index contributed by atoms with van der Waals surface area (Å²) in [5, 5.41) is 17.1. The van der Waals surface area contributed by atoms with Crippen molar-refractivity contribution in [1.29, 1.82) is 0 Å². The molecule has 150 valence electrons. The third-order valence-corrected chi connectivity index (χ3v) is 4.84. The van der Waals surface area contributed by atoms with Gasteiger partial charge in [0.1, 0.15) is 5.75 Å². The topological polar surface area (TPSA) is 84.2 Å². The van der Waals surface area contributed by atoms with Gasteiger partial charge in [0.2, 0.25) is 0 Å². The van der Waals surface area contributed by atoms with E-state index < -0.39 is 11.7 Å². The fourth-order valence-electron chi connectivity index (χ4n) is 3.19. The van der Waals surface area contributed by atoms with Crippen LogP contribution < -0.4 is 5.32 Å². The number of hydrogen-bond donors (Lipinski definition) is 2. The highest BCUT2D eigenvalue weighted by atomic mass is 16.3. The summed E-state index contributed by atoms with van der Waals surface area (Å²) in [6, 6.07) is 14.4. The molecule has 0 saturated carbocycles. The van der Waals surface area contributed by atoms with E-state index in [-0.39, 0.29) is 22.4 Å². The highest BCUT2D eigenvalue weighted by Crippen LogP contribution is 2.31. The molecular weight excluding hydrogens is 366 g/mol. The molecule has 3 aromatic rings. The van der Waals surface area contributed by atoms with Crippen LogP contribution in [0.15, 0.2) is 48.5 Å². The van der Waals surface area contributed by atoms with Gasteiger partial charge in [0.25, 0.3) is 11.7 Å². The molecule has 0 aliphatic carbocycles. The second kappa shape index (κ2) is 7.54. The first kappa shape index (κ1) is 20.3. The van der Waals surface area contributed by atoms with Crippen LogP contribution in [0.5, 0.6) is 5.75 Å². The zero-order chi connectivity index (χ0) is 21.3. The van der Waals surface area contributed by atoms with Crippen molar-refractivity contribution in [3.8, 4) is 11.4 Å². The Morgan fingerprint density at radius 1 is 1.03 bits per heavy atom. The molecule has 3 rings (SSSR count). The first-order valence-electron chi connectivity index (χ1n) is 9.40. The van der Waals surface area contributed by atoms with Gasteiger partial charge in [-0.25, -0.2) is 4.68 Å². The number of phenolic OH excluding ortho intramolecular Hbond substituents is 1. The van der Waals surface area contributed by atoms with Crippen molar-refractivity contribution in [1.82, 2.24) is 9.78 Å². The Kier molecular flexibility index (Phi) is 5.29. The predicted octanol–water partition coefficient (Wildman–Crippen LogP) is 4.31. The van der Waals surface area contributed by atoms with E-state index in [1.54, 1.807) is 30.7 Å². The third-order valence-electron chi connectivity index (χ3n) is 4.84. The molecule has 6 heteroatoms. The van der Waals surface area contributed by atoms with Crippen LogP contribution in [0.1, 0.15) is 48.1 Å². The Morgan fingerprint density at radius 3 is 2.31 bits per heavy atom. The summed E-state index contributed by atoms with van der Waals surface area (Å²) in [7, 11) is 0. The molecule has 0 fully saturated rings. The third kappa shape index (κ3) is 4.06. The number of ketones is 1. The van der Waals surface area contributed by atoms with Crippen molar-refractivity contribution < 1.29 is 14.7 Å². The van der Waals surface area contributed by atoms with E-state index in [9.17, 15) is 14.7 Å². The SMILES string of the molecule is Cc1nn(-c2ccccc2)c(C)c1C(=O)C(=O)Nc1cc(C(C)(C)C)ccc1O. The molecule has 1 heterocycles. The van der Waals surface area contributed by atoms with Gasteiger partial charge in [0.15, 0.2) is 0 Å². The van der Waals surface area contributed by atoms with Gasteiger partial charge < -0.3 is 10.4 Å². The summed E-state index contributed by atoms with van der Waals surface area (Å²) in [6.45, 7) is 9.54. The van der Waals surface area contributed by atoms with Gasteiger partial charge in [0.05, 0.1) is 28.3 Å². The molecule has 0 aliphatic heterocycles. The summed E-state index contributed by atoms with van der Waals surface area (Å²) < 4.78 is 1.65. The first-order chi connectivity index (χ1) is 13.6. The fourth-order valence-corrected chi connectivity index (χ4v) is 3.19. The number of nitrogens with zero attached hydrogens (tertiary/aromatic N) is 2. The Hall–Kier alpha value is -3.41. The number of carbonyl (C=O) groups excluding carboxylic acids is 2. The Labute approximate surface area is 170 Å². The number of anilines is 1. The summed E-state index contributed by atoms with van der Waals surface area (Å²) in [5.74, 6) is -1.60. The van der Waals surface area contributed by atoms with Crippen LogP contribution in [0.25, 0.3) is 5.69 Å². The number of hydrogen-bond acceptors (Lipinski definition) is 4. The van der Waals surface area contributed by atoms with E-state index in [2.05, 4.69) is 10.4 Å². The van der Waals surface area contributed by atoms with Gasteiger partial charge in [-0.05, 0) is 49.1 Å². The number of amides is 1. The van der Waals surface area contributed by atoms with Crippen LogP contribution in [0.3, 0.4) is 0 Å². The number of para-hydroxylation sites is 1. The average Bonchev–Trinajstić information content (AvgIpc) is 2.97. The van der Waals surface area contributed by atoms with Gasteiger partial charge in [0, 0.05) is 0 Å². The van der Waals surface area contributed by atoms with E-state index in [1.165, 1.54) is 6.07 Å². The van der Waals surface area contributed by atoms with Gasteiger partial charge in [-0.3, -0.25) is 9.59 Å². The van der Waals surface area contributed by atoms with Crippen LogP contribution in [-0.4, -0.2) is 26.6 Å². The molecule has 1 amide bonds. The Morgan fingerprint density at radius 2 is 1.69 bits per heavy atom. The lowest BCUT2D eigenvalue weighted by Crippen LogP contribution is -2.24. The molecule has 6 nitrogen and oxygen atoms in total. The molecule has 2 N–H and O–H groups in total. The molecule has 0 atom stereocenters. The van der Waals surface area contributed by atoms with E-state index in [4.69, 9.17) is 0 Å². The summed E-state index contributed by atoms with van der Waals surface area (Å²) in [5.41, 5.74) is 3.10. The van der Waals surface area contributed by atoms with Crippen molar-refractivity contribution in [3.63, 3.8) is 0 Å². The summed E-state index contributed by atoms with van der Waals surface area (Å²) in [6.07, 6.45) is 0. The minimum Gasteiger partial charge on any atom is -0.506 e. The lowest BCUT2D eigenvalue weighted by molar-refractivity contribution is -0.112. The molecule has 0 saturated heterocycles. The van der Waals surface area contributed by atoms with Gasteiger partial charge in [-0.15, -0.1) is 0 Å². The number of phenols is 1. The van der Waals surface area contributed by atoms with Gasteiger partial charge >= 0.3 is 0 Å². The van der Waals surface area contributed by atoms with Crippen LogP contribution in [0.2, 0.25) is 0 Å². The second-order valence-electron chi connectivity index (χ2n) is 8.06. The smallest absolute Gasteiger partial charge is 0.297 e. The number of nitrogens with one attached hydrogen (secondary N) is 1. The number of benzene rings is 2. The van der Waals surface area contributed by atoms with Crippen LogP contribution in [0, 0.1) is 13.8 Å². The highest BCUT2D eigenvalue weighted by molar-refractivity contribution is 6.47. The number of rotatable bonds is 4. The highest BCUT2D eigenvalue weighted by Gasteiger charge is 2.26. The fraction of sp³-hybridized carbons (Fsp3) is 0.261. The van der Waals surface area contributed by atoms with Crippen molar-refractivity contribution in [2.24, 2.45) is 0 Å². The first-order valence-corrected chi connectivity index (χ1v) is 9.40. The monoisotopic (exact) mass is 391 g/mol. The standard InChI is InChI=1S/C23H25N3O3/c1-14-20(15(2)26(25-14)17-9-7-6-8-10-17)21(28)22(29)24-18-13-16(23(3,4)5)11-12-19(18)27/h6-13,27H,1-5H3,(H,24,29). The number of aromatic hydroxyl groups is 1. The lowest BCUT2D eigenvalue weighted by atomic mass is 9.87. The van der Waals surface area contributed by atoms with Crippen molar-refractivity contribution in [3.05, 3.63) is 71.0 Å². The average molecular weight is 391 g/mol. The molecule has 2 aromatic carbocycles. The second-order valence-corrected chi connectivity index (χ2v) is 8.06. The van der Waals surface area contributed by atoms with E-state index in [0.717, 1.165) is 11.3 Å². The number of Topliss-reactive ketones (excluding diaryl/α,β-unsaturated/α-hetero) is 1. The molecule has 0 spiro atoms. The largest absolute Gasteiger partial charge is 0.506 e. The van der Waals surface area contributed by atoms with Crippen molar-refractivity contribution >= 4 is 17.4 Å². The minimum atomic E-state index is -0.815. The summed E-state index contributed by atoms with van der Waals surface area (Å²) in [4.78, 5) is 25.5. The Bertz CT molecular complexity index is 1080. The molecule has 0 bridgehead atoms. The quantitative estimate of drug-likeness (QED) is 0.394. The maximum atomic E-state index is 12.9. The van der Waals surface area contributed by atoms with Crippen molar-refractivity contribution in [2.45, 2.75) is 40.0 Å². The maximum absolute atomic E-state index is 12.9. The van der Waals surface area contributed by atoms with E-state index >= 15 is 0 Å². The maximum Gasteiger partial charge on any atom is 0.297 e. The minimum absolute atomic E-state index is 0.0902. The summed E-state index contributed by atoms with van der Waals surface area (Å²) >= 11 is 0. The van der Waals surface area contributed by atoms with Crippen LogP contribution in [-0.2, 0) is 10.2 Å². The number of aromatic nitrogens is 2. The van der Waals surface area contributed by atoms with Gasteiger partial charge in [-0.1, -0.05) is 45.0 Å². The molecule has 1 aromatic heterocycles. The Balaban J connectivity index is 1.91. The lowest BCUT2D eigenvalue weighted by Gasteiger charge is -2.20. The van der Waals surface area contributed by atoms with E-state index in [1.807, 2.05) is 51.1 Å². The van der Waals surface area contributed by atoms with Gasteiger partial charge in [-0.2, -0.15) is 5.10 Å². The zero-order valence-electron chi connectivity index (χ0n) is 17.3.